The fourth-order valence-corrected chi connectivity index (χ4v) is 8.29. The highest BCUT2D eigenvalue weighted by atomic mass is 32.2. The Hall–Kier alpha value is -4.07. The molecule has 0 heterocycles. The van der Waals surface area contributed by atoms with Gasteiger partial charge in [-0.15, -0.1) is 0 Å². The van der Waals surface area contributed by atoms with E-state index in [0.717, 1.165) is 0 Å². The van der Waals surface area contributed by atoms with Crippen molar-refractivity contribution in [1.82, 2.24) is 0 Å². The molecule has 0 aromatic heterocycles. The molecular formula is C32H32N2O8S2. The van der Waals surface area contributed by atoms with Crippen LogP contribution in [-0.4, -0.2) is 36.8 Å². The SMILES string of the molecule is Cc1cc(C)c(S(=O)(=O)O)c(C)c1Nc1ccc(Nc2c(C)cc(C)c(S(=O)(=O)O)c2C)c2c1C(=O)c1ccccc1C2O. The summed E-state index contributed by atoms with van der Waals surface area (Å²) >= 11 is 0. The molecule has 5 N–H and O–H groups in total. The van der Waals surface area contributed by atoms with Crippen LogP contribution in [-0.2, 0) is 20.2 Å². The van der Waals surface area contributed by atoms with Crippen LogP contribution >= 0.6 is 0 Å². The number of ketones is 1. The van der Waals surface area contributed by atoms with E-state index < -0.39 is 26.3 Å². The van der Waals surface area contributed by atoms with E-state index in [2.05, 4.69) is 10.6 Å². The fourth-order valence-electron chi connectivity index (χ4n) is 6.38. The predicted molar refractivity (Wildman–Crippen MR) is 168 cm³/mol. The zero-order valence-corrected chi connectivity index (χ0v) is 26.5. The first kappa shape index (κ1) is 31.4. The maximum absolute atomic E-state index is 14.1. The van der Waals surface area contributed by atoms with Crippen molar-refractivity contribution in [1.29, 1.82) is 0 Å². The maximum Gasteiger partial charge on any atom is 0.295 e. The minimum atomic E-state index is -4.56. The third-order valence-electron chi connectivity index (χ3n) is 8.08. The summed E-state index contributed by atoms with van der Waals surface area (Å²) in [7, 11) is -9.11. The Labute approximate surface area is 256 Å². The molecule has 230 valence electrons. The molecule has 4 aromatic rings. The minimum Gasteiger partial charge on any atom is -0.384 e. The van der Waals surface area contributed by atoms with E-state index in [1.807, 2.05) is 0 Å². The average Bonchev–Trinajstić information content (AvgIpc) is 2.90. The number of carbonyl (C=O) groups excluding carboxylic acids is 1. The van der Waals surface area contributed by atoms with Crippen LogP contribution in [0.15, 0.2) is 58.3 Å². The van der Waals surface area contributed by atoms with Crippen molar-refractivity contribution in [2.45, 2.75) is 57.4 Å². The number of aliphatic hydroxyl groups is 1. The molecule has 1 atom stereocenters. The standard InChI is InChI=1S/C32H32N2O8S2/c1-15-13-17(3)31(43(37,38)39)19(5)27(15)33-23-11-12-24(26-25(23)29(35)21-9-7-8-10-22(21)30(26)36)34-28-16(2)14-18(4)32(20(28)6)44(40,41)42/h7-14,29,33-35H,1-6H3,(H,37,38,39)(H,40,41,42). The van der Waals surface area contributed by atoms with Crippen molar-refractivity contribution >= 4 is 48.8 Å². The van der Waals surface area contributed by atoms with Crippen LogP contribution in [0, 0.1) is 41.5 Å². The highest BCUT2D eigenvalue weighted by Gasteiger charge is 2.35. The lowest BCUT2D eigenvalue weighted by molar-refractivity contribution is 0.102. The summed E-state index contributed by atoms with van der Waals surface area (Å²) in [5, 5.41) is 18.1. The lowest BCUT2D eigenvalue weighted by atomic mass is 9.81. The molecular weight excluding hydrogens is 604 g/mol. The predicted octanol–water partition coefficient (Wildman–Crippen LogP) is 6.14. The van der Waals surface area contributed by atoms with Crippen LogP contribution in [0.1, 0.15) is 66.5 Å². The highest BCUT2D eigenvalue weighted by Crippen LogP contribution is 2.45. The number of nitrogens with one attached hydrogen (secondary N) is 2. The fraction of sp³-hybridized carbons (Fsp3) is 0.219. The number of hydrogen-bond acceptors (Lipinski definition) is 8. The number of benzene rings is 4. The Morgan fingerprint density at radius 1 is 0.659 bits per heavy atom. The van der Waals surface area contributed by atoms with E-state index >= 15 is 0 Å². The summed E-state index contributed by atoms with van der Waals surface area (Å²) < 4.78 is 68.7. The van der Waals surface area contributed by atoms with Crippen LogP contribution in [0.5, 0.6) is 0 Å². The van der Waals surface area contributed by atoms with Gasteiger partial charge in [0, 0.05) is 28.2 Å². The molecule has 1 aliphatic carbocycles. The van der Waals surface area contributed by atoms with Crippen LogP contribution in [0.2, 0.25) is 0 Å². The third-order valence-corrected chi connectivity index (χ3v) is 10.4. The zero-order chi connectivity index (χ0) is 32.5. The molecule has 12 heteroatoms. The molecule has 0 saturated heterocycles. The Morgan fingerprint density at radius 3 is 1.61 bits per heavy atom. The number of rotatable bonds is 6. The van der Waals surface area contributed by atoms with Crippen molar-refractivity contribution in [2.75, 3.05) is 10.6 Å². The van der Waals surface area contributed by atoms with Gasteiger partial charge in [-0.25, -0.2) is 0 Å². The van der Waals surface area contributed by atoms with Crippen LogP contribution in [0.3, 0.4) is 0 Å². The topological polar surface area (TPSA) is 170 Å². The van der Waals surface area contributed by atoms with Gasteiger partial charge in [0.25, 0.3) is 20.2 Å². The first-order valence-corrected chi connectivity index (χ1v) is 16.5. The lowest BCUT2D eigenvalue weighted by Crippen LogP contribution is -2.22. The van der Waals surface area contributed by atoms with Gasteiger partial charge in [-0.2, -0.15) is 16.8 Å². The molecule has 44 heavy (non-hydrogen) atoms. The quantitative estimate of drug-likeness (QED) is 0.155. The molecule has 0 radical (unpaired) electrons. The summed E-state index contributed by atoms with van der Waals surface area (Å²) in [6.45, 7) is 9.80. The average molecular weight is 637 g/mol. The van der Waals surface area contributed by atoms with Crippen LogP contribution in [0.4, 0.5) is 22.7 Å². The van der Waals surface area contributed by atoms with Gasteiger partial charge >= 0.3 is 0 Å². The molecule has 5 rings (SSSR count). The first-order valence-electron chi connectivity index (χ1n) is 13.6. The molecule has 0 saturated carbocycles. The third kappa shape index (κ3) is 5.18. The highest BCUT2D eigenvalue weighted by molar-refractivity contribution is 7.86. The number of aryl methyl sites for hydroxylation is 4. The molecule has 0 spiro atoms. The van der Waals surface area contributed by atoms with E-state index in [1.54, 1.807) is 90.1 Å². The second kappa shape index (κ2) is 10.8. The van der Waals surface area contributed by atoms with Gasteiger partial charge < -0.3 is 15.7 Å². The second-order valence-electron chi connectivity index (χ2n) is 11.1. The van der Waals surface area contributed by atoms with Crippen molar-refractivity contribution in [3.63, 3.8) is 0 Å². The van der Waals surface area contributed by atoms with Crippen molar-refractivity contribution in [2.24, 2.45) is 0 Å². The normalized spacial score (nSPS) is 14.7. The van der Waals surface area contributed by atoms with Gasteiger partial charge in [-0.05, 0) is 92.6 Å². The first-order chi connectivity index (χ1) is 20.4. The van der Waals surface area contributed by atoms with Crippen molar-refractivity contribution in [3.05, 3.63) is 104 Å². The molecule has 0 bridgehead atoms. The van der Waals surface area contributed by atoms with Crippen molar-refractivity contribution in [3.8, 4) is 0 Å². The second-order valence-corrected chi connectivity index (χ2v) is 13.9. The number of fused-ring (bicyclic) bond motifs is 2. The van der Waals surface area contributed by atoms with E-state index in [9.17, 15) is 35.8 Å². The van der Waals surface area contributed by atoms with Gasteiger partial charge in [0.1, 0.15) is 15.9 Å². The smallest absolute Gasteiger partial charge is 0.295 e. The van der Waals surface area contributed by atoms with Crippen LogP contribution in [0.25, 0.3) is 0 Å². The molecule has 4 aromatic carbocycles. The Morgan fingerprint density at radius 2 is 1.11 bits per heavy atom. The van der Waals surface area contributed by atoms with Gasteiger partial charge in [0.15, 0.2) is 5.78 Å². The summed E-state index contributed by atoms with van der Waals surface area (Å²) in [5.41, 5.74) is 4.99. The molecule has 10 nitrogen and oxygen atoms in total. The van der Waals surface area contributed by atoms with Gasteiger partial charge in [0.2, 0.25) is 0 Å². The van der Waals surface area contributed by atoms with Crippen LogP contribution < -0.4 is 10.6 Å². The van der Waals surface area contributed by atoms with E-state index in [0.29, 0.717) is 50.4 Å². The van der Waals surface area contributed by atoms with E-state index in [1.165, 1.54) is 0 Å². The summed E-state index contributed by atoms with van der Waals surface area (Å²) in [5.74, 6) is -0.388. The monoisotopic (exact) mass is 636 g/mol. The molecule has 0 fully saturated rings. The lowest BCUT2D eigenvalue weighted by Gasteiger charge is -2.30. The summed E-state index contributed by atoms with van der Waals surface area (Å²) in [4.78, 5) is 13.6. The number of aliphatic hydroxyl groups excluding tert-OH is 1. The number of anilines is 4. The van der Waals surface area contributed by atoms with Crippen molar-refractivity contribution < 1.29 is 35.8 Å². The van der Waals surface area contributed by atoms with Gasteiger partial charge in [-0.3, -0.25) is 13.9 Å². The minimum absolute atomic E-state index is 0.131. The van der Waals surface area contributed by atoms with Gasteiger partial charge in [0.05, 0.1) is 11.3 Å². The summed E-state index contributed by atoms with van der Waals surface area (Å²) in [6, 6.07) is 13.1. The Kier molecular flexibility index (Phi) is 7.71. The van der Waals surface area contributed by atoms with Gasteiger partial charge in [-0.1, -0.05) is 36.4 Å². The number of hydrogen-bond donors (Lipinski definition) is 5. The molecule has 1 unspecified atom stereocenters. The van der Waals surface area contributed by atoms with E-state index in [-0.39, 0.29) is 43.5 Å². The Bertz CT molecular complexity index is 2120. The largest absolute Gasteiger partial charge is 0.384 e. The number of carbonyl (C=O) groups is 1. The Balaban J connectivity index is 1.75. The molecule has 0 aliphatic heterocycles. The molecule has 0 amide bonds. The maximum atomic E-state index is 14.1. The van der Waals surface area contributed by atoms with E-state index in [4.69, 9.17) is 0 Å². The zero-order valence-electron chi connectivity index (χ0n) is 24.9. The molecule has 1 aliphatic rings. The summed E-state index contributed by atoms with van der Waals surface area (Å²) in [6.07, 6.45) is -1.26.